The maximum Gasteiger partial charge on any atom is 0.140 e. The number of fused-ring (bicyclic) bond motifs is 1. The number of rotatable bonds is 2. The number of aromatic nitrogens is 3. The van der Waals surface area contributed by atoms with Gasteiger partial charge >= 0.3 is 0 Å². The van der Waals surface area contributed by atoms with Gasteiger partial charge in [0.2, 0.25) is 0 Å². The second kappa shape index (κ2) is 4.87. The zero-order valence-electron chi connectivity index (χ0n) is 12.3. The fraction of sp³-hybridized carbons (Fsp3) is 0.176. The SMILES string of the molecule is Cc1c(-c2ccc3c(n2)CCO3)nn(-c2ccccc2)c1N. The van der Waals surface area contributed by atoms with Crippen LogP contribution < -0.4 is 10.5 Å². The van der Waals surface area contributed by atoms with Crippen LogP contribution in [-0.2, 0) is 6.42 Å². The molecule has 0 fully saturated rings. The second-order valence-corrected chi connectivity index (χ2v) is 5.35. The molecule has 0 saturated carbocycles. The highest BCUT2D eigenvalue weighted by molar-refractivity contribution is 5.67. The molecular formula is C17H16N4O. The van der Waals surface area contributed by atoms with Gasteiger partial charge in [0.25, 0.3) is 0 Å². The van der Waals surface area contributed by atoms with Crippen molar-refractivity contribution in [2.24, 2.45) is 0 Å². The Morgan fingerprint density at radius 3 is 2.77 bits per heavy atom. The molecule has 3 heterocycles. The zero-order valence-corrected chi connectivity index (χ0v) is 12.3. The van der Waals surface area contributed by atoms with Crippen LogP contribution in [0.5, 0.6) is 5.75 Å². The first-order valence-electron chi connectivity index (χ1n) is 7.27. The van der Waals surface area contributed by atoms with Gasteiger partial charge < -0.3 is 10.5 Å². The average Bonchev–Trinajstić information content (AvgIpc) is 3.13. The van der Waals surface area contributed by atoms with Gasteiger partial charge in [-0.1, -0.05) is 18.2 Å². The van der Waals surface area contributed by atoms with Gasteiger partial charge in [-0.15, -0.1) is 0 Å². The Labute approximate surface area is 128 Å². The molecule has 2 aromatic heterocycles. The number of anilines is 1. The van der Waals surface area contributed by atoms with Crippen molar-refractivity contribution in [3.05, 3.63) is 53.7 Å². The van der Waals surface area contributed by atoms with Gasteiger partial charge in [-0.3, -0.25) is 0 Å². The van der Waals surface area contributed by atoms with Crippen molar-refractivity contribution in [1.82, 2.24) is 14.8 Å². The van der Waals surface area contributed by atoms with Crippen molar-refractivity contribution < 1.29 is 4.74 Å². The monoisotopic (exact) mass is 292 g/mol. The van der Waals surface area contributed by atoms with Gasteiger partial charge in [-0.05, 0) is 31.2 Å². The Morgan fingerprint density at radius 2 is 1.95 bits per heavy atom. The van der Waals surface area contributed by atoms with Crippen LogP contribution in [0.2, 0.25) is 0 Å². The number of para-hydroxylation sites is 1. The Bertz CT molecular complexity index is 839. The molecule has 5 heteroatoms. The number of nitrogen functional groups attached to an aromatic ring is 1. The molecule has 2 N–H and O–H groups in total. The minimum Gasteiger partial charge on any atom is -0.491 e. The quantitative estimate of drug-likeness (QED) is 0.788. The lowest BCUT2D eigenvalue weighted by molar-refractivity contribution is 0.357. The summed E-state index contributed by atoms with van der Waals surface area (Å²) < 4.78 is 7.26. The van der Waals surface area contributed by atoms with Crippen molar-refractivity contribution >= 4 is 5.82 Å². The molecule has 5 nitrogen and oxygen atoms in total. The molecule has 0 radical (unpaired) electrons. The number of nitrogens with two attached hydrogens (primary N) is 1. The summed E-state index contributed by atoms with van der Waals surface area (Å²) in [6.07, 6.45) is 0.844. The van der Waals surface area contributed by atoms with Crippen molar-refractivity contribution in [3.63, 3.8) is 0 Å². The molecule has 0 bridgehead atoms. The second-order valence-electron chi connectivity index (χ2n) is 5.35. The van der Waals surface area contributed by atoms with Crippen LogP contribution >= 0.6 is 0 Å². The standard InChI is InChI=1S/C17H16N4O/c1-11-16(14-7-8-15-13(19-14)9-10-22-15)20-21(17(11)18)12-5-3-2-4-6-12/h2-8H,9-10,18H2,1H3. The van der Waals surface area contributed by atoms with Crippen LogP contribution in [0.1, 0.15) is 11.3 Å². The lowest BCUT2D eigenvalue weighted by Crippen LogP contribution is -2.01. The Hall–Kier alpha value is -2.82. The molecule has 0 saturated heterocycles. The predicted octanol–water partition coefficient (Wildman–Crippen LogP) is 2.76. The van der Waals surface area contributed by atoms with Crippen molar-refractivity contribution in [1.29, 1.82) is 0 Å². The third-order valence-electron chi connectivity index (χ3n) is 3.94. The van der Waals surface area contributed by atoms with Crippen LogP contribution in [-0.4, -0.2) is 21.4 Å². The molecule has 0 aliphatic carbocycles. The average molecular weight is 292 g/mol. The van der Waals surface area contributed by atoms with E-state index in [0.29, 0.717) is 12.4 Å². The van der Waals surface area contributed by atoms with Crippen molar-refractivity contribution in [2.45, 2.75) is 13.3 Å². The first-order valence-corrected chi connectivity index (χ1v) is 7.27. The van der Waals surface area contributed by atoms with E-state index in [1.165, 1.54) is 0 Å². The summed E-state index contributed by atoms with van der Waals surface area (Å²) in [5.41, 5.74) is 10.8. The highest BCUT2D eigenvalue weighted by Crippen LogP contribution is 2.31. The predicted molar refractivity (Wildman–Crippen MR) is 85.1 cm³/mol. The van der Waals surface area contributed by atoms with Gasteiger partial charge in [-0.25, -0.2) is 9.67 Å². The van der Waals surface area contributed by atoms with E-state index in [1.54, 1.807) is 4.68 Å². The highest BCUT2D eigenvalue weighted by atomic mass is 16.5. The molecule has 4 rings (SSSR count). The van der Waals surface area contributed by atoms with Crippen molar-refractivity contribution in [2.75, 3.05) is 12.3 Å². The number of nitrogens with zero attached hydrogens (tertiary/aromatic N) is 3. The lowest BCUT2D eigenvalue weighted by Gasteiger charge is -2.03. The third kappa shape index (κ3) is 1.94. The minimum atomic E-state index is 0.639. The van der Waals surface area contributed by atoms with E-state index in [0.717, 1.165) is 40.5 Å². The lowest BCUT2D eigenvalue weighted by atomic mass is 10.1. The Kier molecular flexibility index (Phi) is 2.85. The van der Waals surface area contributed by atoms with E-state index in [9.17, 15) is 0 Å². The minimum absolute atomic E-state index is 0.639. The highest BCUT2D eigenvalue weighted by Gasteiger charge is 2.19. The van der Waals surface area contributed by atoms with Crippen molar-refractivity contribution in [3.8, 4) is 22.8 Å². The fourth-order valence-electron chi connectivity index (χ4n) is 2.71. The topological polar surface area (TPSA) is 66.0 Å². The molecule has 0 unspecified atom stereocenters. The Balaban J connectivity index is 1.83. The molecule has 0 atom stereocenters. The fourth-order valence-corrected chi connectivity index (χ4v) is 2.71. The van der Waals surface area contributed by atoms with E-state index >= 15 is 0 Å². The van der Waals surface area contributed by atoms with Gasteiger partial charge in [0, 0.05) is 12.0 Å². The summed E-state index contributed by atoms with van der Waals surface area (Å²) in [6, 6.07) is 13.8. The molecule has 1 aromatic carbocycles. The molecule has 1 aliphatic heterocycles. The molecular weight excluding hydrogens is 276 g/mol. The molecule has 0 spiro atoms. The summed E-state index contributed by atoms with van der Waals surface area (Å²) in [5.74, 6) is 1.51. The van der Waals surface area contributed by atoms with E-state index in [4.69, 9.17) is 10.5 Å². The van der Waals surface area contributed by atoms with Crippen LogP contribution in [0.4, 0.5) is 5.82 Å². The first kappa shape index (κ1) is 12.9. The molecule has 3 aromatic rings. The zero-order chi connectivity index (χ0) is 15.1. The number of pyridine rings is 1. The maximum atomic E-state index is 6.23. The van der Waals surface area contributed by atoms with E-state index in [-0.39, 0.29) is 0 Å². The summed E-state index contributed by atoms with van der Waals surface area (Å²) in [5, 5.41) is 4.66. The van der Waals surface area contributed by atoms with Crippen LogP contribution in [0.25, 0.3) is 17.1 Å². The smallest absolute Gasteiger partial charge is 0.140 e. The molecule has 110 valence electrons. The van der Waals surface area contributed by atoms with Gasteiger partial charge in [0.15, 0.2) is 0 Å². The summed E-state index contributed by atoms with van der Waals surface area (Å²) in [7, 11) is 0. The number of hydrogen-bond acceptors (Lipinski definition) is 4. The van der Waals surface area contributed by atoms with Gasteiger partial charge in [-0.2, -0.15) is 5.10 Å². The van der Waals surface area contributed by atoms with Gasteiger partial charge in [0.1, 0.15) is 17.3 Å². The Morgan fingerprint density at radius 1 is 1.14 bits per heavy atom. The summed E-state index contributed by atoms with van der Waals surface area (Å²) in [6.45, 7) is 2.67. The molecule has 0 amide bonds. The van der Waals surface area contributed by atoms with Gasteiger partial charge in [0.05, 0.1) is 23.7 Å². The normalized spacial score (nSPS) is 13.0. The number of benzene rings is 1. The van der Waals surface area contributed by atoms with Crippen LogP contribution in [0, 0.1) is 6.92 Å². The van der Waals surface area contributed by atoms with Crippen LogP contribution in [0.15, 0.2) is 42.5 Å². The summed E-state index contributed by atoms with van der Waals surface area (Å²) in [4.78, 5) is 4.68. The van der Waals surface area contributed by atoms with Crippen LogP contribution in [0.3, 0.4) is 0 Å². The maximum absolute atomic E-state index is 6.23. The van der Waals surface area contributed by atoms with E-state index < -0.39 is 0 Å². The largest absolute Gasteiger partial charge is 0.491 e. The van der Waals surface area contributed by atoms with E-state index in [1.807, 2.05) is 49.4 Å². The third-order valence-corrected chi connectivity index (χ3v) is 3.94. The number of hydrogen-bond donors (Lipinski definition) is 1. The molecule has 1 aliphatic rings. The number of ether oxygens (including phenoxy) is 1. The van der Waals surface area contributed by atoms with E-state index in [2.05, 4.69) is 10.1 Å². The first-order chi connectivity index (χ1) is 10.7. The molecule has 22 heavy (non-hydrogen) atoms. The summed E-state index contributed by atoms with van der Waals surface area (Å²) >= 11 is 0.